The van der Waals surface area contributed by atoms with Crippen molar-refractivity contribution in [3.05, 3.63) is 0 Å². The van der Waals surface area contributed by atoms with Crippen molar-refractivity contribution in [1.29, 1.82) is 0 Å². The van der Waals surface area contributed by atoms with E-state index >= 15 is 0 Å². The van der Waals surface area contributed by atoms with E-state index in [1.54, 1.807) is 0 Å². The molecule has 1 saturated heterocycles. The first-order chi connectivity index (χ1) is 10.5. The van der Waals surface area contributed by atoms with Crippen LogP contribution in [0.1, 0.15) is 51.4 Å². The summed E-state index contributed by atoms with van der Waals surface area (Å²) in [7, 11) is -1.80. The van der Waals surface area contributed by atoms with Crippen LogP contribution in [0, 0.1) is 0 Å². The van der Waals surface area contributed by atoms with Crippen LogP contribution in [0.5, 0.6) is 0 Å². The molecule has 1 aliphatic heterocycles. The van der Waals surface area contributed by atoms with Crippen molar-refractivity contribution in [2.75, 3.05) is 33.3 Å². The Morgan fingerprint density at radius 3 is 2.32 bits per heavy atom. The third-order valence-electron chi connectivity index (χ3n) is 4.66. The van der Waals surface area contributed by atoms with Crippen molar-refractivity contribution in [3.8, 4) is 0 Å². The van der Waals surface area contributed by atoms with E-state index in [2.05, 4.69) is 11.9 Å². The second kappa shape index (κ2) is 8.59. The Morgan fingerprint density at radius 1 is 1.09 bits per heavy atom. The van der Waals surface area contributed by atoms with Crippen LogP contribution in [-0.2, 0) is 15.0 Å². The zero-order valence-corrected chi connectivity index (χ0v) is 14.4. The van der Waals surface area contributed by atoms with Crippen LogP contribution in [-0.4, -0.2) is 67.6 Å². The van der Waals surface area contributed by atoms with Gasteiger partial charge in [0.15, 0.2) is 0 Å². The fourth-order valence-electron chi connectivity index (χ4n) is 2.99. The average molecular weight is 334 g/mol. The van der Waals surface area contributed by atoms with Gasteiger partial charge in [0.2, 0.25) is 0 Å². The monoisotopic (exact) mass is 334 g/mol. The van der Waals surface area contributed by atoms with Crippen molar-refractivity contribution in [1.82, 2.24) is 9.21 Å². The molecule has 0 atom stereocenters. The molecule has 0 unspecified atom stereocenters. The molecule has 0 aromatic carbocycles. The van der Waals surface area contributed by atoms with Crippen molar-refractivity contribution in [2.24, 2.45) is 0 Å². The number of hydrogen-bond acceptors (Lipinski definition) is 4. The second-order valence-corrected chi connectivity index (χ2v) is 7.99. The summed E-state index contributed by atoms with van der Waals surface area (Å²) in [5.41, 5.74) is 0. The van der Waals surface area contributed by atoms with Crippen molar-refractivity contribution in [3.63, 3.8) is 0 Å². The van der Waals surface area contributed by atoms with Crippen LogP contribution in [0.3, 0.4) is 0 Å². The third kappa shape index (κ3) is 6.50. The molecular weight excluding hydrogens is 304 g/mol. The number of piperidine rings is 1. The van der Waals surface area contributed by atoms with Gasteiger partial charge in [0.05, 0.1) is 6.10 Å². The molecule has 2 rings (SSSR count). The van der Waals surface area contributed by atoms with Crippen LogP contribution < -0.4 is 0 Å². The highest BCUT2D eigenvalue weighted by Crippen LogP contribution is 2.25. The maximum absolute atomic E-state index is 11.0. The summed E-state index contributed by atoms with van der Waals surface area (Å²) in [5, 5.41) is 0. The Balaban J connectivity index is 1.42. The molecule has 1 heterocycles. The SMILES string of the molecule is CN(CCCCCCOC1CCN(S(=O)(=O)O)CC1)C1CC1. The van der Waals surface area contributed by atoms with Crippen LogP contribution in [0.2, 0.25) is 0 Å². The maximum Gasteiger partial charge on any atom is 0.335 e. The molecule has 1 N–H and O–H groups in total. The van der Waals surface area contributed by atoms with E-state index in [1.165, 1.54) is 38.6 Å². The molecule has 0 bridgehead atoms. The number of nitrogens with zero attached hydrogens (tertiary/aromatic N) is 2. The first-order valence-electron chi connectivity index (χ1n) is 8.51. The molecular formula is C15H30N2O4S. The number of ether oxygens (including phenoxy) is 1. The predicted molar refractivity (Wildman–Crippen MR) is 86.2 cm³/mol. The molecule has 0 aromatic heterocycles. The van der Waals surface area contributed by atoms with Gasteiger partial charge in [-0.3, -0.25) is 4.55 Å². The van der Waals surface area contributed by atoms with E-state index in [4.69, 9.17) is 9.29 Å². The Labute approximate surface area is 134 Å². The van der Waals surface area contributed by atoms with E-state index in [-0.39, 0.29) is 6.10 Å². The van der Waals surface area contributed by atoms with Gasteiger partial charge in [-0.05, 0) is 52.1 Å². The van der Waals surface area contributed by atoms with Gasteiger partial charge in [-0.1, -0.05) is 12.8 Å². The first-order valence-corrected chi connectivity index (χ1v) is 9.91. The van der Waals surface area contributed by atoms with Gasteiger partial charge in [-0.2, -0.15) is 12.7 Å². The smallest absolute Gasteiger partial charge is 0.335 e. The molecule has 0 radical (unpaired) electrons. The van der Waals surface area contributed by atoms with Gasteiger partial charge < -0.3 is 9.64 Å². The Hall–Kier alpha value is -0.210. The number of rotatable bonds is 10. The minimum absolute atomic E-state index is 0.138. The fraction of sp³-hybridized carbons (Fsp3) is 1.00. The predicted octanol–water partition coefficient (Wildman–Crippen LogP) is 1.92. The van der Waals surface area contributed by atoms with E-state index < -0.39 is 10.3 Å². The lowest BCUT2D eigenvalue weighted by molar-refractivity contribution is 0.0181. The van der Waals surface area contributed by atoms with Crippen LogP contribution >= 0.6 is 0 Å². The molecule has 2 aliphatic rings. The molecule has 0 amide bonds. The summed E-state index contributed by atoms with van der Waals surface area (Å²) in [5.74, 6) is 0. The van der Waals surface area contributed by atoms with Crippen LogP contribution in [0.25, 0.3) is 0 Å². The molecule has 0 spiro atoms. The Bertz CT molecular complexity index is 417. The van der Waals surface area contributed by atoms with E-state index in [0.717, 1.165) is 23.4 Å². The van der Waals surface area contributed by atoms with Gasteiger partial charge in [0, 0.05) is 25.7 Å². The quantitative estimate of drug-likeness (QED) is 0.488. The minimum Gasteiger partial charge on any atom is -0.378 e. The van der Waals surface area contributed by atoms with Crippen molar-refractivity contribution < 1.29 is 17.7 Å². The zero-order chi connectivity index (χ0) is 16.0. The van der Waals surface area contributed by atoms with Gasteiger partial charge in [-0.25, -0.2) is 0 Å². The van der Waals surface area contributed by atoms with Crippen LogP contribution in [0.15, 0.2) is 0 Å². The summed E-state index contributed by atoms with van der Waals surface area (Å²) < 4.78 is 37.8. The topological polar surface area (TPSA) is 70.1 Å². The van der Waals surface area contributed by atoms with E-state index in [9.17, 15) is 8.42 Å². The van der Waals surface area contributed by atoms with Gasteiger partial charge >= 0.3 is 10.3 Å². The molecule has 130 valence electrons. The van der Waals surface area contributed by atoms with Crippen molar-refractivity contribution >= 4 is 10.3 Å². The first kappa shape index (κ1) is 18.1. The molecule has 7 heteroatoms. The normalized spacial score (nSPS) is 21.6. The molecule has 6 nitrogen and oxygen atoms in total. The second-order valence-electron chi connectivity index (χ2n) is 6.57. The third-order valence-corrected chi connectivity index (χ3v) is 5.67. The summed E-state index contributed by atoms with van der Waals surface area (Å²) in [6.07, 6.45) is 9.02. The van der Waals surface area contributed by atoms with Gasteiger partial charge in [0.1, 0.15) is 0 Å². The highest BCUT2D eigenvalue weighted by atomic mass is 32.2. The fourth-order valence-corrected chi connectivity index (χ4v) is 3.67. The lowest BCUT2D eigenvalue weighted by Crippen LogP contribution is -2.40. The summed E-state index contributed by atoms with van der Waals surface area (Å²) in [6, 6.07) is 0.858. The summed E-state index contributed by atoms with van der Waals surface area (Å²) in [6.45, 7) is 2.68. The highest BCUT2D eigenvalue weighted by Gasteiger charge is 2.26. The van der Waals surface area contributed by atoms with E-state index in [1.807, 2.05) is 0 Å². The van der Waals surface area contributed by atoms with Crippen LogP contribution in [0.4, 0.5) is 0 Å². The Morgan fingerprint density at radius 2 is 1.73 bits per heavy atom. The zero-order valence-electron chi connectivity index (χ0n) is 13.6. The van der Waals surface area contributed by atoms with Crippen molar-refractivity contribution in [2.45, 2.75) is 63.5 Å². The lowest BCUT2D eigenvalue weighted by atomic mass is 10.1. The standard InChI is InChI=1S/C15H30N2O4S/c1-16(14-6-7-14)10-4-2-3-5-13-21-15-8-11-17(12-9-15)22(18,19)20/h14-15H,2-13H2,1H3,(H,18,19,20). The summed E-state index contributed by atoms with van der Waals surface area (Å²) in [4.78, 5) is 2.47. The molecule has 1 aliphatic carbocycles. The lowest BCUT2D eigenvalue weighted by Gasteiger charge is -2.29. The number of hydrogen-bond donors (Lipinski definition) is 1. The highest BCUT2D eigenvalue weighted by molar-refractivity contribution is 7.83. The Kier molecular flexibility index (Phi) is 7.08. The molecule has 2 fully saturated rings. The molecule has 22 heavy (non-hydrogen) atoms. The minimum atomic E-state index is -4.02. The van der Waals surface area contributed by atoms with Gasteiger partial charge in [0.25, 0.3) is 0 Å². The van der Waals surface area contributed by atoms with E-state index in [0.29, 0.717) is 25.9 Å². The number of unbranched alkanes of at least 4 members (excludes halogenated alkanes) is 3. The maximum atomic E-state index is 11.0. The molecule has 1 saturated carbocycles. The largest absolute Gasteiger partial charge is 0.378 e. The summed E-state index contributed by atoms with van der Waals surface area (Å²) >= 11 is 0. The molecule has 0 aromatic rings. The van der Waals surface area contributed by atoms with Gasteiger partial charge in [-0.15, -0.1) is 0 Å². The average Bonchev–Trinajstić information content (AvgIpc) is 3.30.